The molecule has 4 heteroatoms. The second-order valence-corrected chi connectivity index (χ2v) is 7.13. The van der Waals surface area contributed by atoms with Crippen LogP contribution >= 0.6 is 0 Å². The van der Waals surface area contributed by atoms with E-state index in [1.54, 1.807) is 6.92 Å². The first kappa shape index (κ1) is 18.4. The molecule has 1 unspecified atom stereocenters. The molecule has 1 aliphatic heterocycles. The quantitative estimate of drug-likeness (QED) is 0.642. The molecule has 0 aromatic carbocycles. The summed E-state index contributed by atoms with van der Waals surface area (Å²) in [6.45, 7) is 12.7. The third-order valence-corrected chi connectivity index (χ3v) is 5.36. The highest BCUT2D eigenvalue weighted by molar-refractivity contribution is 5.78. The molecule has 0 radical (unpaired) electrons. The topological polar surface area (TPSA) is 52.6 Å². The van der Waals surface area contributed by atoms with Crippen molar-refractivity contribution < 1.29 is 9.90 Å². The van der Waals surface area contributed by atoms with Crippen LogP contribution in [0.3, 0.4) is 0 Å². The van der Waals surface area contributed by atoms with Gasteiger partial charge in [0.1, 0.15) is 5.54 Å². The Labute approximate surface area is 130 Å². The van der Waals surface area contributed by atoms with Crippen LogP contribution in [0, 0.1) is 5.41 Å². The molecule has 1 heterocycles. The number of carboxylic acid groups (broad SMARTS) is 1. The second kappa shape index (κ2) is 8.14. The average molecular weight is 298 g/mol. The average Bonchev–Trinajstić information content (AvgIpc) is 2.46. The van der Waals surface area contributed by atoms with Gasteiger partial charge in [-0.15, -0.1) is 0 Å². The molecule has 0 amide bonds. The van der Waals surface area contributed by atoms with E-state index in [1.165, 1.54) is 32.4 Å². The highest BCUT2D eigenvalue weighted by Crippen LogP contribution is 2.33. The Kier molecular flexibility index (Phi) is 7.14. The van der Waals surface area contributed by atoms with E-state index in [9.17, 15) is 9.90 Å². The maximum absolute atomic E-state index is 11.3. The normalized spacial score (nSPS) is 21.9. The lowest BCUT2D eigenvalue weighted by Gasteiger charge is -2.39. The van der Waals surface area contributed by atoms with Gasteiger partial charge in [-0.25, -0.2) is 0 Å². The fourth-order valence-corrected chi connectivity index (χ4v) is 3.15. The molecule has 0 spiro atoms. The summed E-state index contributed by atoms with van der Waals surface area (Å²) in [5.41, 5.74) is -0.221. The summed E-state index contributed by atoms with van der Waals surface area (Å²) >= 11 is 0. The van der Waals surface area contributed by atoms with Crippen LogP contribution < -0.4 is 5.32 Å². The Bertz CT molecular complexity index is 325. The zero-order valence-electron chi connectivity index (χ0n) is 14.4. The standard InChI is InChI=1S/C17H34N2O2/c1-5-16(3)10-13-19(14-11-16)12-8-7-9-17(4,15(20)21)18-6-2/h18H,5-14H2,1-4H3,(H,20,21). The summed E-state index contributed by atoms with van der Waals surface area (Å²) in [5.74, 6) is -0.735. The lowest BCUT2D eigenvalue weighted by atomic mass is 9.78. The minimum Gasteiger partial charge on any atom is -0.480 e. The Morgan fingerprint density at radius 2 is 1.90 bits per heavy atom. The summed E-state index contributed by atoms with van der Waals surface area (Å²) in [5, 5.41) is 12.4. The van der Waals surface area contributed by atoms with Gasteiger partial charge in [-0.2, -0.15) is 0 Å². The lowest BCUT2D eigenvalue weighted by Crippen LogP contribution is -2.49. The van der Waals surface area contributed by atoms with Gasteiger partial charge >= 0.3 is 5.97 Å². The number of carbonyl (C=O) groups is 1. The van der Waals surface area contributed by atoms with E-state index in [4.69, 9.17) is 0 Å². The van der Waals surface area contributed by atoms with Crippen molar-refractivity contribution >= 4 is 5.97 Å². The minimum atomic E-state index is -0.766. The third kappa shape index (κ3) is 5.59. The molecule has 4 nitrogen and oxygen atoms in total. The molecule has 1 aliphatic rings. The Balaban J connectivity index is 2.24. The molecule has 0 bridgehead atoms. The van der Waals surface area contributed by atoms with Gasteiger partial charge in [-0.3, -0.25) is 4.79 Å². The number of likely N-dealkylation sites (tertiary alicyclic amines) is 1. The van der Waals surface area contributed by atoms with Crippen LogP contribution in [0.1, 0.15) is 66.2 Å². The summed E-state index contributed by atoms with van der Waals surface area (Å²) in [7, 11) is 0. The Morgan fingerprint density at radius 3 is 2.38 bits per heavy atom. The van der Waals surface area contributed by atoms with Crippen molar-refractivity contribution in [1.82, 2.24) is 10.2 Å². The maximum Gasteiger partial charge on any atom is 0.323 e. The molecule has 1 atom stereocenters. The molecule has 1 saturated heterocycles. The van der Waals surface area contributed by atoms with E-state index in [0.717, 1.165) is 19.4 Å². The molecular formula is C17H34N2O2. The summed E-state index contributed by atoms with van der Waals surface area (Å²) in [6.07, 6.45) is 6.65. The van der Waals surface area contributed by atoms with Crippen molar-refractivity contribution in [2.45, 2.75) is 71.8 Å². The van der Waals surface area contributed by atoms with Gasteiger partial charge in [0.15, 0.2) is 0 Å². The van der Waals surface area contributed by atoms with Crippen LogP contribution in [0.4, 0.5) is 0 Å². The zero-order valence-corrected chi connectivity index (χ0v) is 14.4. The number of piperidine rings is 1. The highest BCUT2D eigenvalue weighted by Gasteiger charge is 2.31. The third-order valence-electron chi connectivity index (χ3n) is 5.36. The SMILES string of the molecule is CCNC(C)(CCCCN1CCC(C)(CC)CC1)C(=O)O. The number of nitrogens with zero attached hydrogens (tertiary/aromatic N) is 1. The molecule has 0 aromatic heterocycles. The second-order valence-electron chi connectivity index (χ2n) is 7.13. The number of hydrogen-bond acceptors (Lipinski definition) is 3. The fourth-order valence-electron chi connectivity index (χ4n) is 3.15. The largest absolute Gasteiger partial charge is 0.480 e. The van der Waals surface area contributed by atoms with Crippen LogP contribution in [0.25, 0.3) is 0 Å². The van der Waals surface area contributed by atoms with Crippen LogP contribution in [0.5, 0.6) is 0 Å². The fraction of sp³-hybridized carbons (Fsp3) is 0.941. The predicted octanol–water partition coefficient (Wildman–Crippen LogP) is 3.12. The van der Waals surface area contributed by atoms with Gasteiger partial charge in [0.25, 0.3) is 0 Å². The Hall–Kier alpha value is -0.610. The van der Waals surface area contributed by atoms with Gasteiger partial charge in [-0.05, 0) is 70.6 Å². The van der Waals surface area contributed by atoms with E-state index in [-0.39, 0.29) is 0 Å². The van der Waals surface area contributed by atoms with Crippen molar-refractivity contribution in [3.05, 3.63) is 0 Å². The maximum atomic E-state index is 11.3. The highest BCUT2D eigenvalue weighted by atomic mass is 16.4. The van der Waals surface area contributed by atoms with Gasteiger partial charge in [-0.1, -0.05) is 27.2 Å². The first-order valence-corrected chi connectivity index (χ1v) is 8.56. The molecule has 1 fully saturated rings. The van der Waals surface area contributed by atoms with Crippen molar-refractivity contribution in [3.63, 3.8) is 0 Å². The minimum absolute atomic E-state index is 0.545. The molecule has 0 aromatic rings. The van der Waals surface area contributed by atoms with Gasteiger partial charge in [0.05, 0.1) is 0 Å². The van der Waals surface area contributed by atoms with E-state index >= 15 is 0 Å². The monoisotopic (exact) mass is 298 g/mol. The van der Waals surface area contributed by atoms with Gasteiger partial charge < -0.3 is 15.3 Å². The zero-order chi connectivity index (χ0) is 15.9. The van der Waals surface area contributed by atoms with E-state index < -0.39 is 11.5 Å². The van der Waals surface area contributed by atoms with Gasteiger partial charge in [0, 0.05) is 0 Å². The number of unbranched alkanes of at least 4 members (excludes halogenated alkanes) is 1. The first-order chi connectivity index (χ1) is 9.85. The van der Waals surface area contributed by atoms with E-state index in [2.05, 4.69) is 24.1 Å². The molecule has 1 rings (SSSR count). The van der Waals surface area contributed by atoms with E-state index in [0.29, 0.717) is 18.4 Å². The molecule has 21 heavy (non-hydrogen) atoms. The summed E-state index contributed by atoms with van der Waals surface area (Å²) in [6, 6.07) is 0. The smallest absolute Gasteiger partial charge is 0.323 e. The van der Waals surface area contributed by atoms with Gasteiger partial charge in [0.2, 0.25) is 0 Å². The van der Waals surface area contributed by atoms with Crippen LogP contribution in [0.2, 0.25) is 0 Å². The number of carboxylic acids is 1. The Morgan fingerprint density at radius 1 is 1.29 bits per heavy atom. The summed E-state index contributed by atoms with van der Waals surface area (Å²) in [4.78, 5) is 13.9. The van der Waals surface area contributed by atoms with Crippen molar-refractivity contribution in [1.29, 1.82) is 0 Å². The first-order valence-electron chi connectivity index (χ1n) is 8.56. The van der Waals surface area contributed by atoms with Crippen molar-refractivity contribution in [2.24, 2.45) is 5.41 Å². The van der Waals surface area contributed by atoms with Crippen molar-refractivity contribution in [2.75, 3.05) is 26.2 Å². The van der Waals surface area contributed by atoms with Crippen LogP contribution in [0.15, 0.2) is 0 Å². The molecule has 124 valence electrons. The van der Waals surface area contributed by atoms with Crippen LogP contribution in [-0.4, -0.2) is 47.7 Å². The predicted molar refractivity (Wildman–Crippen MR) is 87.6 cm³/mol. The van der Waals surface area contributed by atoms with Crippen molar-refractivity contribution in [3.8, 4) is 0 Å². The molecule has 0 saturated carbocycles. The molecular weight excluding hydrogens is 264 g/mol. The lowest BCUT2D eigenvalue weighted by molar-refractivity contribution is -0.144. The summed E-state index contributed by atoms with van der Waals surface area (Å²) < 4.78 is 0. The molecule has 0 aliphatic carbocycles. The van der Waals surface area contributed by atoms with Crippen LogP contribution in [-0.2, 0) is 4.79 Å². The number of nitrogens with one attached hydrogen (secondary N) is 1. The number of likely N-dealkylation sites (N-methyl/N-ethyl adjacent to an activating group) is 1. The number of hydrogen-bond donors (Lipinski definition) is 2. The number of rotatable bonds is 9. The number of aliphatic carboxylic acids is 1. The molecule has 2 N–H and O–H groups in total. The van der Waals surface area contributed by atoms with E-state index in [1.807, 2.05) is 6.92 Å².